The Balaban J connectivity index is 1.24. The SMILES string of the molecule is CC1CCC(NC(=O)C2CCC(S(C)(=O)=O)CC2)CC1NC1NCCC(C2CNCC(OCCF)C2)N1. The van der Waals surface area contributed by atoms with E-state index in [2.05, 4.69) is 33.5 Å². The minimum Gasteiger partial charge on any atom is -0.374 e. The van der Waals surface area contributed by atoms with Gasteiger partial charge >= 0.3 is 0 Å². The van der Waals surface area contributed by atoms with E-state index in [1.807, 2.05) is 0 Å². The number of carbonyl (C=O) groups excluding carboxylic acids is 1. The van der Waals surface area contributed by atoms with Crippen molar-refractivity contribution in [2.45, 2.75) is 100 Å². The minimum absolute atomic E-state index is 0.0130. The fraction of sp³-hybridized carbons (Fsp3) is 0.962. The van der Waals surface area contributed by atoms with Crippen LogP contribution in [0.1, 0.15) is 64.7 Å². The molecule has 37 heavy (non-hydrogen) atoms. The number of piperidine rings is 1. The van der Waals surface area contributed by atoms with Gasteiger partial charge in [-0.15, -0.1) is 0 Å². The highest BCUT2D eigenvalue weighted by molar-refractivity contribution is 7.91. The Hall–Kier alpha value is -0.850. The van der Waals surface area contributed by atoms with Gasteiger partial charge in [0.2, 0.25) is 5.91 Å². The molecule has 1 amide bonds. The van der Waals surface area contributed by atoms with Crippen LogP contribution in [0.3, 0.4) is 0 Å². The third-order valence-electron chi connectivity index (χ3n) is 9.10. The Bertz CT molecular complexity index is 841. The van der Waals surface area contributed by atoms with E-state index in [0.717, 1.165) is 51.7 Å². The summed E-state index contributed by atoms with van der Waals surface area (Å²) in [6.07, 6.45) is 8.77. The largest absolute Gasteiger partial charge is 0.374 e. The number of rotatable bonds is 9. The molecule has 4 aliphatic rings. The summed E-state index contributed by atoms with van der Waals surface area (Å²) in [5, 5.41) is 17.6. The molecule has 4 rings (SSSR count). The summed E-state index contributed by atoms with van der Waals surface area (Å²) in [5.41, 5.74) is 0. The van der Waals surface area contributed by atoms with Gasteiger partial charge in [0.25, 0.3) is 0 Å². The maximum absolute atomic E-state index is 13.0. The minimum atomic E-state index is -3.02. The highest BCUT2D eigenvalue weighted by Crippen LogP contribution is 2.30. The van der Waals surface area contributed by atoms with Crippen molar-refractivity contribution in [3.8, 4) is 0 Å². The zero-order valence-electron chi connectivity index (χ0n) is 22.5. The number of hydrogen-bond acceptors (Lipinski definition) is 8. The standard InChI is InChI=1S/C26H48FN5O4S/c1-17-3-6-20(30-25(33)18-4-7-22(8-5-18)37(2,34)35)14-24(17)32-26-29-11-9-23(31-26)19-13-21(16-28-15-19)36-12-10-27/h17-24,26,28-29,31-32H,3-16H2,1-2H3,(H,30,33). The van der Waals surface area contributed by atoms with Crippen LogP contribution in [0, 0.1) is 17.8 Å². The van der Waals surface area contributed by atoms with Crippen LogP contribution in [0.2, 0.25) is 0 Å². The second-order valence-corrected chi connectivity index (χ2v) is 14.2. The van der Waals surface area contributed by atoms with Crippen LogP contribution in [0.4, 0.5) is 4.39 Å². The zero-order chi connectivity index (χ0) is 26.4. The third-order valence-corrected chi connectivity index (χ3v) is 10.8. The van der Waals surface area contributed by atoms with Crippen molar-refractivity contribution >= 4 is 15.7 Å². The first-order valence-electron chi connectivity index (χ1n) is 14.4. The lowest BCUT2D eigenvalue weighted by Gasteiger charge is -2.43. The molecule has 0 bridgehead atoms. The molecule has 0 aromatic rings. The number of hydrogen-bond donors (Lipinski definition) is 5. The molecule has 4 fully saturated rings. The van der Waals surface area contributed by atoms with E-state index in [9.17, 15) is 17.6 Å². The van der Waals surface area contributed by atoms with Crippen LogP contribution >= 0.6 is 0 Å². The number of amides is 1. The molecule has 7 unspecified atom stereocenters. The number of sulfone groups is 1. The van der Waals surface area contributed by atoms with Crippen molar-refractivity contribution in [2.24, 2.45) is 17.8 Å². The molecule has 11 heteroatoms. The summed E-state index contributed by atoms with van der Waals surface area (Å²) in [6, 6.07) is 0.789. The van der Waals surface area contributed by atoms with Crippen molar-refractivity contribution in [1.82, 2.24) is 26.6 Å². The lowest BCUT2D eigenvalue weighted by molar-refractivity contribution is -0.127. The van der Waals surface area contributed by atoms with Crippen LogP contribution in [0.25, 0.3) is 0 Å². The molecule has 0 aromatic heterocycles. The topological polar surface area (TPSA) is 121 Å². The smallest absolute Gasteiger partial charge is 0.223 e. The van der Waals surface area contributed by atoms with Crippen LogP contribution in [-0.2, 0) is 19.4 Å². The summed E-state index contributed by atoms with van der Waals surface area (Å²) >= 11 is 0. The van der Waals surface area contributed by atoms with Crippen molar-refractivity contribution in [3.05, 3.63) is 0 Å². The molecule has 214 valence electrons. The van der Waals surface area contributed by atoms with Crippen molar-refractivity contribution in [1.29, 1.82) is 0 Å². The van der Waals surface area contributed by atoms with E-state index in [4.69, 9.17) is 4.74 Å². The summed E-state index contributed by atoms with van der Waals surface area (Å²) < 4.78 is 41.9. The van der Waals surface area contributed by atoms with Gasteiger partial charge < -0.3 is 15.4 Å². The number of ether oxygens (including phenoxy) is 1. The van der Waals surface area contributed by atoms with Crippen molar-refractivity contribution in [3.63, 3.8) is 0 Å². The average molecular weight is 546 g/mol. The van der Waals surface area contributed by atoms with Crippen LogP contribution in [-0.4, -0.2) is 89.3 Å². The first kappa shape index (κ1) is 29.1. The maximum Gasteiger partial charge on any atom is 0.223 e. The summed E-state index contributed by atoms with van der Waals surface area (Å²) in [7, 11) is -3.02. The van der Waals surface area contributed by atoms with Gasteiger partial charge in [-0.1, -0.05) is 6.92 Å². The Morgan fingerprint density at radius 1 is 1.05 bits per heavy atom. The van der Waals surface area contributed by atoms with E-state index >= 15 is 0 Å². The quantitative estimate of drug-likeness (QED) is 0.292. The molecule has 2 aliphatic carbocycles. The van der Waals surface area contributed by atoms with Gasteiger partial charge in [-0.2, -0.15) is 0 Å². The highest BCUT2D eigenvalue weighted by atomic mass is 32.2. The van der Waals surface area contributed by atoms with E-state index in [0.29, 0.717) is 43.6 Å². The van der Waals surface area contributed by atoms with Gasteiger partial charge in [0.1, 0.15) is 22.8 Å². The molecule has 0 radical (unpaired) electrons. The lowest BCUT2D eigenvalue weighted by atomic mass is 9.82. The number of halogens is 1. The number of alkyl halides is 1. The molecule has 0 spiro atoms. The summed E-state index contributed by atoms with van der Waals surface area (Å²) in [4.78, 5) is 13.0. The van der Waals surface area contributed by atoms with Gasteiger partial charge in [0.05, 0.1) is 18.0 Å². The summed E-state index contributed by atoms with van der Waals surface area (Å²) in [5.74, 6) is 0.970. The first-order valence-corrected chi connectivity index (χ1v) is 16.3. The third kappa shape index (κ3) is 8.32. The number of nitrogens with one attached hydrogen (secondary N) is 5. The molecule has 2 aliphatic heterocycles. The molecule has 7 atom stereocenters. The first-order chi connectivity index (χ1) is 17.7. The maximum atomic E-state index is 13.0. The van der Waals surface area contributed by atoms with Crippen LogP contribution in [0.5, 0.6) is 0 Å². The molecular formula is C26H48FN5O4S. The van der Waals surface area contributed by atoms with E-state index in [-0.39, 0.29) is 48.2 Å². The van der Waals surface area contributed by atoms with Gasteiger partial charge in [-0.25, -0.2) is 12.8 Å². The van der Waals surface area contributed by atoms with Crippen LogP contribution < -0.4 is 26.6 Å². The Kier molecular flexibility index (Phi) is 10.6. The van der Waals surface area contributed by atoms with Crippen molar-refractivity contribution in [2.75, 3.05) is 39.2 Å². The Morgan fingerprint density at radius 2 is 1.84 bits per heavy atom. The normalized spacial score (nSPS) is 39.7. The van der Waals surface area contributed by atoms with Gasteiger partial charge in [0, 0.05) is 36.8 Å². The van der Waals surface area contributed by atoms with Gasteiger partial charge in [0.15, 0.2) is 0 Å². The molecule has 5 N–H and O–H groups in total. The molecule has 2 heterocycles. The second-order valence-electron chi connectivity index (χ2n) is 11.9. The molecule has 2 saturated heterocycles. The fourth-order valence-corrected chi connectivity index (χ4v) is 7.90. The zero-order valence-corrected chi connectivity index (χ0v) is 23.3. The van der Waals surface area contributed by atoms with Gasteiger partial charge in [-0.3, -0.25) is 20.7 Å². The predicted molar refractivity (Wildman–Crippen MR) is 142 cm³/mol. The fourth-order valence-electron chi connectivity index (χ4n) is 6.77. The molecule has 2 saturated carbocycles. The van der Waals surface area contributed by atoms with E-state index < -0.39 is 16.5 Å². The highest BCUT2D eigenvalue weighted by Gasteiger charge is 2.36. The Labute approximate surface area is 222 Å². The van der Waals surface area contributed by atoms with E-state index in [1.165, 1.54) is 6.26 Å². The Morgan fingerprint density at radius 3 is 2.57 bits per heavy atom. The average Bonchev–Trinajstić information content (AvgIpc) is 2.89. The second kappa shape index (κ2) is 13.5. The summed E-state index contributed by atoms with van der Waals surface area (Å²) in [6.45, 7) is 4.67. The van der Waals surface area contributed by atoms with Gasteiger partial charge in [-0.05, 0) is 82.7 Å². The molecule has 9 nitrogen and oxygen atoms in total. The molecular weight excluding hydrogens is 497 g/mol. The monoisotopic (exact) mass is 545 g/mol. The van der Waals surface area contributed by atoms with Crippen molar-refractivity contribution < 1.29 is 22.3 Å². The number of carbonyl (C=O) groups is 1. The van der Waals surface area contributed by atoms with E-state index in [1.54, 1.807) is 0 Å². The molecule has 0 aromatic carbocycles. The van der Waals surface area contributed by atoms with Crippen LogP contribution in [0.15, 0.2) is 0 Å². The predicted octanol–water partition coefficient (Wildman–Crippen LogP) is 1.05. The lowest BCUT2D eigenvalue weighted by Crippen LogP contribution is -2.66.